The summed E-state index contributed by atoms with van der Waals surface area (Å²) in [5, 5.41) is 0. The molecule has 0 radical (unpaired) electrons. The van der Waals surface area contributed by atoms with E-state index in [4.69, 9.17) is 0 Å². The Bertz CT molecular complexity index is 651. The lowest BCUT2D eigenvalue weighted by molar-refractivity contribution is 0.626. The number of rotatable bonds is 5. The van der Waals surface area contributed by atoms with Crippen molar-refractivity contribution in [1.29, 1.82) is 0 Å². The first-order valence-electron chi connectivity index (χ1n) is 11.3. The van der Waals surface area contributed by atoms with Crippen LogP contribution >= 0.6 is 0 Å². The fourth-order valence-electron chi connectivity index (χ4n) is 2.16. The van der Waals surface area contributed by atoms with Crippen LogP contribution in [0.4, 0.5) is 4.39 Å². The van der Waals surface area contributed by atoms with Crippen LogP contribution in [0.2, 0.25) is 0 Å². The van der Waals surface area contributed by atoms with Crippen LogP contribution in [0.25, 0.3) is 0 Å². The molecular formula is C29H45F. The summed E-state index contributed by atoms with van der Waals surface area (Å²) in [6.45, 7) is 20.7. The van der Waals surface area contributed by atoms with Crippen molar-refractivity contribution in [3.8, 4) is 0 Å². The van der Waals surface area contributed by atoms with E-state index in [0.29, 0.717) is 5.92 Å². The molecule has 168 valence electrons. The van der Waals surface area contributed by atoms with E-state index in [9.17, 15) is 4.39 Å². The van der Waals surface area contributed by atoms with Crippen LogP contribution in [0.5, 0.6) is 0 Å². The van der Waals surface area contributed by atoms with Gasteiger partial charge in [-0.2, -0.15) is 0 Å². The molecule has 2 aromatic rings. The average molecular weight is 413 g/mol. The van der Waals surface area contributed by atoms with Gasteiger partial charge in [0.15, 0.2) is 0 Å². The summed E-state index contributed by atoms with van der Waals surface area (Å²) in [5.41, 5.74) is 5.69. The highest BCUT2D eigenvalue weighted by molar-refractivity contribution is 5.18. The second kappa shape index (κ2) is 20.1. The van der Waals surface area contributed by atoms with Gasteiger partial charge in [-0.05, 0) is 68.7 Å². The Morgan fingerprint density at radius 2 is 1.27 bits per heavy atom. The van der Waals surface area contributed by atoms with E-state index in [1.54, 1.807) is 11.1 Å². The van der Waals surface area contributed by atoms with Crippen molar-refractivity contribution in [3.05, 3.63) is 95.3 Å². The minimum atomic E-state index is -0.163. The lowest BCUT2D eigenvalue weighted by Gasteiger charge is -2.02. The smallest absolute Gasteiger partial charge is 0.123 e. The molecule has 0 spiro atoms. The molecule has 30 heavy (non-hydrogen) atoms. The van der Waals surface area contributed by atoms with Gasteiger partial charge in [0.25, 0.3) is 0 Å². The second-order valence-corrected chi connectivity index (χ2v) is 7.51. The molecule has 0 saturated heterocycles. The van der Waals surface area contributed by atoms with Crippen molar-refractivity contribution in [1.82, 2.24) is 0 Å². The minimum absolute atomic E-state index is 0.163. The van der Waals surface area contributed by atoms with Gasteiger partial charge in [-0.25, -0.2) is 4.39 Å². The van der Waals surface area contributed by atoms with Crippen LogP contribution in [-0.4, -0.2) is 0 Å². The molecule has 0 N–H and O–H groups in total. The number of halogens is 1. The molecule has 0 aliphatic carbocycles. The number of hydrogen-bond donors (Lipinski definition) is 0. The molecular weight excluding hydrogens is 367 g/mol. The van der Waals surface area contributed by atoms with Crippen molar-refractivity contribution in [2.75, 3.05) is 0 Å². The molecule has 0 aliphatic rings. The lowest BCUT2D eigenvalue weighted by Crippen LogP contribution is -1.85. The van der Waals surface area contributed by atoms with Crippen LogP contribution < -0.4 is 0 Å². The number of aryl methyl sites for hydroxylation is 1. The SMILES string of the molecule is C=CCC.CC(C)c1ccc(F)cc1.CC/C(C)=C(/C)CC.CCc1ccccc1. The monoisotopic (exact) mass is 412 g/mol. The van der Waals surface area contributed by atoms with Crippen molar-refractivity contribution in [2.45, 2.75) is 87.0 Å². The first kappa shape index (κ1) is 30.0. The lowest BCUT2D eigenvalue weighted by atomic mass is 10.0. The zero-order valence-electron chi connectivity index (χ0n) is 20.8. The van der Waals surface area contributed by atoms with Gasteiger partial charge >= 0.3 is 0 Å². The van der Waals surface area contributed by atoms with Gasteiger partial charge in [-0.1, -0.05) is 101 Å². The third kappa shape index (κ3) is 16.8. The zero-order chi connectivity index (χ0) is 23.4. The Morgan fingerprint density at radius 3 is 1.53 bits per heavy atom. The van der Waals surface area contributed by atoms with Crippen LogP contribution in [0.15, 0.2) is 78.4 Å². The van der Waals surface area contributed by atoms with Crippen LogP contribution in [0.3, 0.4) is 0 Å². The number of allylic oxidation sites excluding steroid dienone is 3. The standard InChI is InChI=1S/C9H11F.C8H10.C8H16.C4H8/c1-7(2)8-3-5-9(10)6-4-8;1-2-8-6-4-3-5-7-8;1-5-7(3)8(4)6-2;1-3-4-2/h3-7H,1-2H3;3-7H,2H2,1H3;5-6H2,1-4H3;3H,1,4H2,2H3/b;;8-7-;. The van der Waals surface area contributed by atoms with E-state index < -0.39 is 0 Å². The molecule has 0 aromatic heterocycles. The molecule has 0 bridgehead atoms. The summed E-state index contributed by atoms with van der Waals surface area (Å²) in [4.78, 5) is 0. The Morgan fingerprint density at radius 1 is 0.833 bits per heavy atom. The largest absolute Gasteiger partial charge is 0.207 e. The van der Waals surface area contributed by atoms with Crippen LogP contribution in [0, 0.1) is 5.82 Å². The maximum Gasteiger partial charge on any atom is 0.123 e. The second-order valence-electron chi connectivity index (χ2n) is 7.51. The minimum Gasteiger partial charge on any atom is -0.207 e. The quantitative estimate of drug-likeness (QED) is 0.428. The Hall–Kier alpha value is -2.15. The Labute approximate surface area is 186 Å². The summed E-state index contributed by atoms with van der Waals surface area (Å²) < 4.78 is 12.4. The third-order valence-corrected chi connectivity index (χ3v) is 4.87. The summed E-state index contributed by atoms with van der Waals surface area (Å²) >= 11 is 0. The normalized spacial score (nSPS) is 10.3. The van der Waals surface area contributed by atoms with E-state index in [1.807, 2.05) is 24.3 Å². The van der Waals surface area contributed by atoms with Gasteiger partial charge in [0, 0.05) is 0 Å². The highest BCUT2D eigenvalue weighted by Crippen LogP contribution is 2.13. The van der Waals surface area contributed by atoms with E-state index in [0.717, 1.165) is 12.8 Å². The highest BCUT2D eigenvalue weighted by atomic mass is 19.1. The summed E-state index contributed by atoms with van der Waals surface area (Å²) in [6, 6.07) is 17.1. The number of hydrogen-bond acceptors (Lipinski definition) is 0. The molecule has 0 amide bonds. The molecule has 0 atom stereocenters. The molecule has 1 heteroatoms. The van der Waals surface area contributed by atoms with Crippen molar-refractivity contribution in [3.63, 3.8) is 0 Å². The molecule has 0 fully saturated rings. The molecule has 0 saturated carbocycles. The molecule has 0 heterocycles. The Kier molecular flexibility index (Phi) is 20.2. The molecule has 0 unspecified atom stereocenters. The van der Waals surface area contributed by atoms with E-state index in [1.165, 1.54) is 36.1 Å². The van der Waals surface area contributed by atoms with E-state index in [2.05, 4.69) is 86.2 Å². The van der Waals surface area contributed by atoms with Crippen molar-refractivity contribution in [2.24, 2.45) is 0 Å². The zero-order valence-corrected chi connectivity index (χ0v) is 20.8. The highest BCUT2D eigenvalue weighted by Gasteiger charge is 1.96. The summed E-state index contributed by atoms with van der Waals surface area (Å²) in [5.74, 6) is 0.324. The topological polar surface area (TPSA) is 0 Å². The number of benzene rings is 2. The van der Waals surface area contributed by atoms with Crippen LogP contribution in [-0.2, 0) is 6.42 Å². The van der Waals surface area contributed by atoms with Gasteiger partial charge in [0.2, 0.25) is 0 Å². The molecule has 2 aromatic carbocycles. The van der Waals surface area contributed by atoms with E-state index in [-0.39, 0.29) is 5.82 Å². The maximum absolute atomic E-state index is 12.4. The first-order chi connectivity index (χ1) is 14.3. The van der Waals surface area contributed by atoms with Gasteiger partial charge in [0.1, 0.15) is 5.82 Å². The van der Waals surface area contributed by atoms with Gasteiger partial charge < -0.3 is 0 Å². The summed E-state index contributed by atoms with van der Waals surface area (Å²) in [7, 11) is 0. The summed E-state index contributed by atoms with van der Waals surface area (Å²) in [6.07, 6.45) is 6.51. The molecule has 0 nitrogen and oxygen atoms in total. The molecule has 2 rings (SSSR count). The van der Waals surface area contributed by atoms with Crippen LogP contribution in [0.1, 0.15) is 91.7 Å². The van der Waals surface area contributed by atoms with E-state index >= 15 is 0 Å². The predicted molar refractivity (Wildman–Crippen MR) is 136 cm³/mol. The van der Waals surface area contributed by atoms with Gasteiger partial charge in [-0.15, -0.1) is 6.58 Å². The maximum atomic E-state index is 12.4. The predicted octanol–water partition coefficient (Wildman–Crippen LogP) is 9.92. The van der Waals surface area contributed by atoms with Gasteiger partial charge in [-0.3, -0.25) is 0 Å². The average Bonchev–Trinajstić information content (AvgIpc) is 2.79. The van der Waals surface area contributed by atoms with Crippen molar-refractivity contribution < 1.29 is 4.39 Å². The fraction of sp³-hybridized carbons (Fsp3) is 0.448. The first-order valence-corrected chi connectivity index (χ1v) is 11.3. The molecule has 0 aliphatic heterocycles. The third-order valence-electron chi connectivity index (χ3n) is 4.87. The Balaban J connectivity index is 0. The van der Waals surface area contributed by atoms with Gasteiger partial charge in [0.05, 0.1) is 0 Å². The fourth-order valence-corrected chi connectivity index (χ4v) is 2.16. The van der Waals surface area contributed by atoms with Crippen molar-refractivity contribution >= 4 is 0 Å².